The number of ether oxygens (including phenoxy) is 1. The number of nitriles is 1. The monoisotopic (exact) mass is 202 g/mol. The van der Waals surface area contributed by atoms with Crippen molar-refractivity contribution in [1.29, 1.82) is 5.26 Å². The van der Waals surface area contributed by atoms with Gasteiger partial charge in [0.05, 0.1) is 17.9 Å². The van der Waals surface area contributed by atoms with E-state index in [1.54, 1.807) is 18.2 Å². The molecule has 3 nitrogen and oxygen atoms in total. The maximum atomic E-state index is 8.70. The van der Waals surface area contributed by atoms with Gasteiger partial charge in [-0.3, -0.25) is 0 Å². The van der Waals surface area contributed by atoms with Crippen molar-refractivity contribution in [2.45, 2.75) is 19.3 Å². The molecule has 0 amide bonds. The first kappa shape index (κ1) is 9.85. The van der Waals surface area contributed by atoms with E-state index in [4.69, 9.17) is 15.7 Å². The zero-order valence-electron chi connectivity index (χ0n) is 8.57. The molecule has 0 radical (unpaired) electrons. The molecular formula is C12H14N2O. The summed E-state index contributed by atoms with van der Waals surface area (Å²) in [5.41, 5.74) is 6.66. The van der Waals surface area contributed by atoms with Crippen LogP contribution in [0.2, 0.25) is 0 Å². The molecular weight excluding hydrogens is 188 g/mol. The molecule has 2 N–H and O–H groups in total. The summed E-state index contributed by atoms with van der Waals surface area (Å²) in [6.07, 6.45) is 3.82. The van der Waals surface area contributed by atoms with Crippen LogP contribution >= 0.6 is 0 Å². The van der Waals surface area contributed by atoms with Gasteiger partial charge in [0.25, 0.3) is 0 Å². The molecule has 1 saturated carbocycles. The van der Waals surface area contributed by atoms with Crippen LogP contribution in [0, 0.1) is 17.2 Å². The summed E-state index contributed by atoms with van der Waals surface area (Å²) >= 11 is 0. The van der Waals surface area contributed by atoms with Crippen molar-refractivity contribution < 1.29 is 4.74 Å². The molecule has 0 saturated heterocycles. The third kappa shape index (κ3) is 2.63. The van der Waals surface area contributed by atoms with Gasteiger partial charge in [-0.1, -0.05) is 12.8 Å². The maximum absolute atomic E-state index is 8.70. The Labute approximate surface area is 89.5 Å². The summed E-state index contributed by atoms with van der Waals surface area (Å²) in [6, 6.07) is 7.23. The van der Waals surface area contributed by atoms with Crippen molar-refractivity contribution in [2.75, 3.05) is 12.3 Å². The standard InChI is InChI=1S/C12H14N2O/c13-8-10-3-4-11(7-12(10)14)15-6-5-9-1-2-9/h3-4,7,9H,1-2,5-6,14H2. The minimum absolute atomic E-state index is 0.487. The summed E-state index contributed by atoms with van der Waals surface area (Å²) in [5.74, 6) is 1.63. The van der Waals surface area contributed by atoms with Crippen molar-refractivity contribution >= 4 is 5.69 Å². The molecule has 1 aromatic carbocycles. The highest BCUT2D eigenvalue weighted by molar-refractivity contribution is 5.56. The van der Waals surface area contributed by atoms with Gasteiger partial charge in [0.1, 0.15) is 11.8 Å². The molecule has 0 spiro atoms. The zero-order chi connectivity index (χ0) is 10.7. The molecule has 1 aliphatic rings. The predicted octanol–water partition coefficient (Wildman–Crippen LogP) is 2.32. The van der Waals surface area contributed by atoms with Gasteiger partial charge in [-0.2, -0.15) is 5.26 Å². The van der Waals surface area contributed by atoms with E-state index in [-0.39, 0.29) is 0 Å². The van der Waals surface area contributed by atoms with Gasteiger partial charge < -0.3 is 10.5 Å². The predicted molar refractivity (Wildman–Crippen MR) is 58.4 cm³/mol. The highest BCUT2D eigenvalue weighted by Crippen LogP contribution is 2.32. The highest BCUT2D eigenvalue weighted by Gasteiger charge is 2.20. The number of nitrogens with zero attached hydrogens (tertiary/aromatic N) is 1. The molecule has 2 rings (SSSR count). The molecule has 0 aliphatic heterocycles. The van der Waals surface area contributed by atoms with E-state index in [1.165, 1.54) is 12.8 Å². The molecule has 0 unspecified atom stereocenters. The fourth-order valence-electron chi connectivity index (χ4n) is 1.48. The first-order valence-electron chi connectivity index (χ1n) is 5.22. The second-order valence-electron chi connectivity index (χ2n) is 3.94. The molecule has 0 aromatic heterocycles. The summed E-state index contributed by atoms with van der Waals surface area (Å²) in [4.78, 5) is 0. The molecule has 1 aliphatic carbocycles. The van der Waals surface area contributed by atoms with Crippen LogP contribution in [0.3, 0.4) is 0 Å². The Morgan fingerprint density at radius 2 is 2.27 bits per heavy atom. The number of hydrogen-bond acceptors (Lipinski definition) is 3. The lowest BCUT2D eigenvalue weighted by molar-refractivity contribution is 0.302. The first-order chi connectivity index (χ1) is 7.29. The third-order valence-corrected chi connectivity index (χ3v) is 2.64. The SMILES string of the molecule is N#Cc1ccc(OCCC2CC2)cc1N. The highest BCUT2D eigenvalue weighted by atomic mass is 16.5. The summed E-state index contributed by atoms with van der Waals surface area (Å²) in [7, 11) is 0. The quantitative estimate of drug-likeness (QED) is 0.762. The van der Waals surface area contributed by atoms with Crippen molar-refractivity contribution in [3.05, 3.63) is 23.8 Å². The van der Waals surface area contributed by atoms with Gasteiger partial charge in [-0.05, 0) is 24.5 Å². The van der Waals surface area contributed by atoms with Crippen LogP contribution < -0.4 is 10.5 Å². The smallest absolute Gasteiger partial charge is 0.121 e. The molecule has 0 atom stereocenters. The van der Waals surface area contributed by atoms with Gasteiger partial charge >= 0.3 is 0 Å². The summed E-state index contributed by atoms with van der Waals surface area (Å²) in [6.45, 7) is 0.746. The van der Waals surface area contributed by atoms with Crippen LogP contribution in [-0.2, 0) is 0 Å². The molecule has 78 valence electrons. The number of nitrogen functional groups attached to an aromatic ring is 1. The van der Waals surface area contributed by atoms with Gasteiger partial charge in [-0.15, -0.1) is 0 Å². The molecule has 0 bridgehead atoms. The third-order valence-electron chi connectivity index (χ3n) is 2.64. The Morgan fingerprint density at radius 3 is 2.87 bits per heavy atom. The molecule has 1 aromatic rings. The molecule has 0 heterocycles. The Hall–Kier alpha value is -1.69. The fraction of sp³-hybridized carbons (Fsp3) is 0.417. The van der Waals surface area contributed by atoms with E-state index >= 15 is 0 Å². The van der Waals surface area contributed by atoms with Crippen LogP contribution in [0.25, 0.3) is 0 Å². The van der Waals surface area contributed by atoms with E-state index in [9.17, 15) is 0 Å². The number of anilines is 1. The molecule has 15 heavy (non-hydrogen) atoms. The van der Waals surface area contributed by atoms with Crippen LogP contribution in [0.15, 0.2) is 18.2 Å². The Balaban J connectivity index is 1.90. The van der Waals surface area contributed by atoms with E-state index in [1.807, 2.05) is 6.07 Å². The number of nitrogens with two attached hydrogens (primary N) is 1. The lowest BCUT2D eigenvalue weighted by Gasteiger charge is -2.06. The normalized spacial score (nSPS) is 14.6. The molecule has 1 fully saturated rings. The van der Waals surface area contributed by atoms with Crippen molar-refractivity contribution in [1.82, 2.24) is 0 Å². The van der Waals surface area contributed by atoms with Gasteiger partial charge in [0.2, 0.25) is 0 Å². The lowest BCUT2D eigenvalue weighted by Crippen LogP contribution is -1.99. The molecule has 3 heteroatoms. The average Bonchev–Trinajstić information content (AvgIpc) is 3.02. The summed E-state index contributed by atoms with van der Waals surface area (Å²) < 4.78 is 5.55. The Morgan fingerprint density at radius 1 is 1.47 bits per heavy atom. The van der Waals surface area contributed by atoms with Crippen LogP contribution in [-0.4, -0.2) is 6.61 Å². The van der Waals surface area contributed by atoms with E-state index < -0.39 is 0 Å². The van der Waals surface area contributed by atoms with Crippen molar-refractivity contribution in [3.8, 4) is 11.8 Å². The maximum Gasteiger partial charge on any atom is 0.121 e. The van der Waals surface area contributed by atoms with Gasteiger partial charge in [0, 0.05) is 6.07 Å². The average molecular weight is 202 g/mol. The van der Waals surface area contributed by atoms with Crippen LogP contribution in [0.1, 0.15) is 24.8 Å². The fourth-order valence-corrected chi connectivity index (χ4v) is 1.48. The second-order valence-corrected chi connectivity index (χ2v) is 3.94. The van der Waals surface area contributed by atoms with Gasteiger partial charge in [-0.25, -0.2) is 0 Å². The number of rotatable bonds is 4. The Bertz CT molecular complexity index is 391. The first-order valence-corrected chi connectivity index (χ1v) is 5.22. The zero-order valence-corrected chi connectivity index (χ0v) is 8.57. The van der Waals surface area contributed by atoms with Crippen molar-refractivity contribution in [3.63, 3.8) is 0 Å². The van der Waals surface area contributed by atoms with Crippen LogP contribution in [0.5, 0.6) is 5.75 Å². The number of hydrogen-bond donors (Lipinski definition) is 1. The minimum atomic E-state index is 0.487. The van der Waals surface area contributed by atoms with E-state index in [0.29, 0.717) is 11.3 Å². The number of benzene rings is 1. The summed E-state index contributed by atoms with van der Waals surface area (Å²) in [5, 5.41) is 8.70. The Kier molecular flexibility index (Phi) is 2.77. The van der Waals surface area contributed by atoms with Gasteiger partial charge in [0.15, 0.2) is 0 Å². The topological polar surface area (TPSA) is 59.0 Å². The largest absolute Gasteiger partial charge is 0.494 e. The minimum Gasteiger partial charge on any atom is -0.494 e. The second kappa shape index (κ2) is 4.22. The van der Waals surface area contributed by atoms with E-state index in [0.717, 1.165) is 24.7 Å². The van der Waals surface area contributed by atoms with Crippen LogP contribution in [0.4, 0.5) is 5.69 Å². The lowest BCUT2D eigenvalue weighted by atomic mass is 10.2. The van der Waals surface area contributed by atoms with E-state index in [2.05, 4.69) is 0 Å². The van der Waals surface area contributed by atoms with Crippen molar-refractivity contribution in [2.24, 2.45) is 5.92 Å².